The van der Waals surface area contributed by atoms with Gasteiger partial charge in [-0.1, -0.05) is 20.8 Å². The van der Waals surface area contributed by atoms with Crippen LogP contribution in [0.2, 0.25) is 0 Å². The Bertz CT molecular complexity index is 452. The Morgan fingerprint density at radius 2 is 2.12 bits per heavy atom. The lowest BCUT2D eigenvalue weighted by Gasteiger charge is -2.22. The van der Waals surface area contributed by atoms with Crippen molar-refractivity contribution in [3.63, 3.8) is 0 Å². The second kappa shape index (κ2) is 4.03. The van der Waals surface area contributed by atoms with Gasteiger partial charge >= 0.3 is 0 Å². The summed E-state index contributed by atoms with van der Waals surface area (Å²) in [5, 5.41) is 14.4. The summed E-state index contributed by atoms with van der Waals surface area (Å²) in [5.74, 6) is 0. The van der Waals surface area contributed by atoms with Crippen molar-refractivity contribution < 1.29 is 0 Å². The molecular weight excluding hydrogens is 216 g/mol. The molecule has 1 N–H and O–H groups in total. The predicted molar refractivity (Wildman–Crippen MR) is 68.8 cm³/mol. The second-order valence-electron chi connectivity index (χ2n) is 5.13. The molecule has 0 saturated heterocycles. The van der Waals surface area contributed by atoms with Gasteiger partial charge in [0.25, 0.3) is 0 Å². The Labute approximate surface area is 101 Å². The van der Waals surface area contributed by atoms with Gasteiger partial charge in [-0.15, -0.1) is 0 Å². The number of nitriles is 1. The summed E-state index contributed by atoms with van der Waals surface area (Å²) in [7, 11) is 0. The molecule has 1 aliphatic heterocycles. The van der Waals surface area contributed by atoms with Gasteiger partial charge in [0, 0.05) is 17.1 Å². The summed E-state index contributed by atoms with van der Waals surface area (Å²) < 4.78 is 0. The molecule has 2 nitrogen and oxygen atoms in total. The summed E-state index contributed by atoms with van der Waals surface area (Å²) in [4.78, 5) is 1.11. The van der Waals surface area contributed by atoms with Gasteiger partial charge in [-0.3, -0.25) is 0 Å². The Morgan fingerprint density at radius 1 is 1.38 bits per heavy atom. The van der Waals surface area contributed by atoms with Crippen molar-refractivity contribution in [2.45, 2.75) is 37.5 Å². The van der Waals surface area contributed by atoms with E-state index in [-0.39, 0.29) is 5.41 Å². The maximum Gasteiger partial charge on any atom is 0.138 e. The highest BCUT2D eigenvalue weighted by Gasteiger charge is 2.22. The van der Waals surface area contributed by atoms with Crippen molar-refractivity contribution in [1.29, 1.82) is 5.26 Å². The maximum atomic E-state index is 8.86. The third kappa shape index (κ3) is 2.03. The quantitative estimate of drug-likeness (QED) is 0.594. The number of hydrogen-bond donors (Lipinski definition) is 1. The second-order valence-corrected chi connectivity index (χ2v) is 5.95. The largest absolute Gasteiger partial charge is 0.384 e. The Hall–Kier alpha value is -1.14. The minimum absolute atomic E-state index is 0.0818. The molecule has 0 amide bonds. The third-order valence-electron chi connectivity index (χ3n) is 2.88. The lowest BCUT2D eigenvalue weighted by Crippen LogP contribution is -2.13. The molecule has 1 aliphatic rings. The van der Waals surface area contributed by atoms with Gasteiger partial charge in [-0.2, -0.15) is 5.26 Å². The van der Waals surface area contributed by atoms with E-state index in [0.29, 0.717) is 0 Å². The summed E-state index contributed by atoms with van der Waals surface area (Å²) in [5.41, 5.74) is 3.92. The van der Waals surface area contributed by atoms with Crippen molar-refractivity contribution in [2.75, 3.05) is 11.9 Å². The first-order valence-corrected chi connectivity index (χ1v) is 6.31. The van der Waals surface area contributed by atoms with Crippen LogP contribution < -0.4 is 5.32 Å². The van der Waals surface area contributed by atoms with E-state index < -0.39 is 0 Å². The van der Waals surface area contributed by atoms with E-state index in [1.54, 1.807) is 0 Å². The number of anilines is 1. The maximum absolute atomic E-state index is 8.86. The number of nitrogens with zero attached hydrogens (tertiary/aromatic N) is 1. The predicted octanol–water partition coefficient (Wildman–Crippen LogP) is 3.53. The standard InChI is InChI=1S/C13H16N2S/c1-13(2,3)10-7-11-9(4-5-15-11)6-12(10)16-8-14/h6-7,15H,4-5H2,1-3H3. The van der Waals surface area contributed by atoms with Gasteiger partial charge in [0.1, 0.15) is 5.40 Å². The zero-order valence-corrected chi connectivity index (χ0v) is 10.7. The molecule has 0 bridgehead atoms. The van der Waals surface area contributed by atoms with Crippen molar-refractivity contribution in [2.24, 2.45) is 0 Å². The number of fused-ring (bicyclic) bond motifs is 1. The van der Waals surface area contributed by atoms with Crippen LogP contribution in [0, 0.1) is 10.7 Å². The third-order valence-corrected chi connectivity index (χ3v) is 3.53. The summed E-state index contributed by atoms with van der Waals surface area (Å²) in [6.45, 7) is 7.57. The van der Waals surface area contributed by atoms with Gasteiger partial charge in [0.2, 0.25) is 0 Å². The van der Waals surface area contributed by atoms with Gasteiger partial charge < -0.3 is 5.32 Å². The Morgan fingerprint density at radius 3 is 2.75 bits per heavy atom. The normalized spacial score (nSPS) is 14.1. The highest BCUT2D eigenvalue weighted by atomic mass is 32.2. The van der Waals surface area contributed by atoms with E-state index in [1.165, 1.54) is 28.6 Å². The zero-order chi connectivity index (χ0) is 11.8. The Kier molecular flexibility index (Phi) is 2.86. The number of hydrogen-bond acceptors (Lipinski definition) is 3. The van der Waals surface area contributed by atoms with Crippen LogP contribution in [0.5, 0.6) is 0 Å². The van der Waals surface area contributed by atoms with Gasteiger partial charge in [0.05, 0.1) is 0 Å². The molecule has 0 saturated carbocycles. The van der Waals surface area contributed by atoms with Crippen LogP contribution in [0.4, 0.5) is 5.69 Å². The molecule has 0 spiro atoms. The van der Waals surface area contributed by atoms with Crippen LogP contribution in [0.3, 0.4) is 0 Å². The topological polar surface area (TPSA) is 35.8 Å². The van der Waals surface area contributed by atoms with Crippen molar-refractivity contribution in [3.05, 3.63) is 23.3 Å². The Balaban J connectivity index is 2.54. The van der Waals surface area contributed by atoms with Crippen LogP contribution >= 0.6 is 11.8 Å². The number of rotatable bonds is 1. The van der Waals surface area contributed by atoms with Gasteiger partial charge in [0.15, 0.2) is 0 Å². The van der Waals surface area contributed by atoms with E-state index in [4.69, 9.17) is 5.26 Å². The van der Waals surface area contributed by atoms with Gasteiger partial charge in [-0.25, -0.2) is 0 Å². The van der Waals surface area contributed by atoms with Crippen LogP contribution in [-0.2, 0) is 11.8 Å². The molecule has 0 unspecified atom stereocenters. The lowest BCUT2D eigenvalue weighted by atomic mass is 9.86. The van der Waals surface area contributed by atoms with Crippen molar-refractivity contribution in [1.82, 2.24) is 0 Å². The molecule has 1 aromatic carbocycles. The number of thioether (sulfide) groups is 1. The van der Waals surface area contributed by atoms with Crippen LogP contribution in [0.1, 0.15) is 31.9 Å². The first-order chi connectivity index (χ1) is 7.52. The highest BCUT2D eigenvalue weighted by molar-refractivity contribution is 8.03. The molecule has 0 fully saturated rings. The van der Waals surface area contributed by atoms with Gasteiger partial charge in [-0.05, 0) is 46.9 Å². The number of benzene rings is 1. The molecule has 0 atom stereocenters. The summed E-state index contributed by atoms with van der Waals surface area (Å²) in [6.07, 6.45) is 1.07. The molecule has 0 aromatic heterocycles. The zero-order valence-electron chi connectivity index (χ0n) is 9.92. The fraction of sp³-hybridized carbons (Fsp3) is 0.462. The highest BCUT2D eigenvalue weighted by Crippen LogP contribution is 2.37. The average Bonchev–Trinajstić information content (AvgIpc) is 2.62. The van der Waals surface area contributed by atoms with E-state index in [0.717, 1.165) is 17.9 Å². The monoisotopic (exact) mass is 232 g/mol. The molecule has 2 rings (SSSR count). The lowest BCUT2D eigenvalue weighted by molar-refractivity contribution is 0.578. The fourth-order valence-electron chi connectivity index (χ4n) is 2.04. The first kappa shape index (κ1) is 11.3. The molecule has 16 heavy (non-hydrogen) atoms. The minimum Gasteiger partial charge on any atom is -0.384 e. The molecule has 84 valence electrons. The molecule has 0 aliphatic carbocycles. The molecule has 1 aromatic rings. The molecule has 0 radical (unpaired) electrons. The number of thiocyanates is 1. The smallest absolute Gasteiger partial charge is 0.138 e. The summed E-state index contributed by atoms with van der Waals surface area (Å²) >= 11 is 1.27. The van der Waals surface area contributed by atoms with Crippen molar-refractivity contribution >= 4 is 17.4 Å². The first-order valence-electron chi connectivity index (χ1n) is 5.49. The molecular formula is C13H16N2S. The van der Waals surface area contributed by atoms with E-state index in [1.807, 2.05) is 0 Å². The molecule has 3 heteroatoms. The molecule has 1 heterocycles. The fourth-order valence-corrected chi connectivity index (χ4v) is 2.82. The SMILES string of the molecule is CC(C)(C)c1cc2c(cc1SC#N)CCN2. The van der Waals surface area contributed by atoms with Crippen LogP contribution in [-0.4, -0.2) is 6.54 Å². The van der Waals surface area contributed by atoms with Crippen LogP contribution in [0.25, 0.3) is 0 Å². The number of nitrogens with one attached hydrogen (secondary N) is 1. The van der Waals surface area contributed by atoms with E-state index in [2.05, 4.69) is 43.6 Å². The van der Waals surface area contributed by atoms with Crippen molar-refractivity contribution in [3.8, 4) is 5.40 Å². The minimum atomic E-state index is 0.0818. The average molecular weight is 232 g/mol. The van der Waals surface area contributed by atoms with E-state index >= 15 is 0 Å². The summed E-state index contributed by atoms with van der Waals surface area (Å²) in [6, 6.07) is 4.38. The van der Waals surface area contributed by atoms with E-state index in [9.17, 15) is 0 Å². The van der Waals surface area contributed by atoms with Crippen LogP contribution in [0.15, 0.2) is 17.0 Å².